The monoisotopic (exact) mass is 974 g/mol. The minimum atomic E-state index is -0.841. The molecule has 0 bridgehead atoms. The minimum Gasteiger partial charge on any atom is -0.466 e. The van der Waals surface area contributed by atoms with E-state index in [0.29, 0.717) is 19.4 Å². The number of carbonyl (C=O) groups is 2. The Hall–Kier alpha value is -1.40. The van der Waals surface area contributed by atoms with Crippen molar-refractivity contribution in [3.05, 3.63) is 12.2 Å². The van der Waals surface area contributed by atoms with Gasteiger partial charge in [0, 0.05) is 12.8 Å². The number of ether oxygens (including phenoxy) is 1. The summed E-state index contributed by atoms with van der Waals surface area (Å²) in [5.74, 6) is -0.0459. The summed E-state index contributed by atoms with van der Waals surface area (Å²) in [6.07, 6.45) is 71.2. The van der Waals surface area contributed by atoms with Gasteiger partial charge in [-0.2, -0.15) is 0 Å². The molecular weight excluding hydrogens is 851 g/mol. The lowest BCUT2D eigenvalue weighted by Gasteiger charge is -2.20. The van der Waals surface area contributed by atoms with Crippen molar-refractivity contribution in [1.29, 1.82) is 0 Å². The zero-order valence-corrected chi connectivity index (χ0v) is 46.8. The first-order chi connectivity index (χ1) is 34.0. The highest BCUT2D eigenvalue weighted by Crippen LogP contribution is 2.18. The van der Waals surface area contributed by atoms with Gasteiger partial charge in [0.2, 0.25) is 5.91 Å². The zero-order valence-electron chi connectivity index (χ0n) is 46.8. The average Bonchev–Trinajstić information content (AvgIpc) is 3.35. The molecule has 0 saturated carbocycles. The van der Waals surface area contributed by atoms with E-state index in [2.05, 4.69) is 19.2 Å². The standard InChI is InChI=1S/C63H123NO5/c1-3-5-7-9-11-13-15-17-29-33-37-41-45-49-53-57-63(68)69-58-54-50-46-42-38-34-31-28-26-24-22-20-18-19-21-23-25-27-30-32-36-40-44-48-52-56-62(67)64-60(59-65)61(66)55-51-47-43-39-35-16-14-12-10-8-6-4-2/h51,55,60-61,65-66H,3-50,52-54,56-59H2,1-2H3,(H,64,67)/b55-51+. The fraction of sp³-hybridized carbons (Fsp3) is 0.937. The van der Waals surface area contributed by atoms with Gasteiger partial charge in [0.05, 0.1) is 25.4 Å². The highest BCUT2D eigenvalue weighted by Gasteiger charge is 2.18. The third kappa shape index (κ3) is 55.8. The van der Waals surface area contributed by atoms with E-state index in [0.717, 1.165) is 38.5 Å². The van der Waals surface area contributed by atoms with Crippen molar-refractivity contribution in [3.8, 4) is 0 Å². The number of rotatable bonds is 59. The summed E-state index contributed by atoms with van der Waals surface area (Å²) in [6, 6.07) is -0.624. The van der Waals surface area contributed by atoms with Crippen LogP contribution < -0.4 is 5.32 Å². The van der Waals surface area contributed by atoms with Gasteiger partial charge < -0.3 is 20.3 Å². The molecule has 0 spiro atoms. The highest BCUT2D eigenvalue weighted by atomic mass is 16.5. The van der Waals surface area contributed by atoms with E-state index in [1.54, 1.807) is 6.08 Å². The maximum atomic E-state index is 12.4. The van der Waals surface area contributed by atoms with Crippen LogP contribution >= 0.6 is 0 Å². The van der Waals surface area contributed by atoms with Crippen molar-refractivity contribution in [3.63, 3.8) is 0 Å². The number of esters is 1. The molecular formula is C63H123NO5. The molecule has 0 heterocycles. The molecule has 0 aliphatic carbocycles. The van der Waals surface area contributed by atoms with E-state index in [4.69, 9.17) is 4.74 Å². The van der Waals surface area contributed by atoms with E-state index >= 15 is 0 Å². The van der Waals surface area contributed by atoms with Crippen LogP contribution in [-0.4, -0.2) is 47.4 Å². The van der Waals surface area contributed by atoms with E-state index in [9.17, 15) is 19.8 Å². The molecule has 0 fully saturated rings. The van der Waals surface area contributed by atoms with Gasteiger partial charge in [-0.1, -0.05) is 321 Å². The molecule has 410 valence electrons. The number of hydrogen-bond donors (Lipinski definition) is 3. The molecule has 69 heavy (non-hydrogen) atoms. The summed E-state index contributed by atoms with van der Waals surface area (Å²) >= 11 is 0. The third-order valence-corrected chi connectivity index (χ3v) is 14.8. The zero-order chi connectivity index (χ0) is 50.0. The van der Waals surface area contributed by atoms with Crippen molar-refractivity contribution in [2.75, 3.05) is 13.2 Å². The first-order valence-electron chi connectivity index (χ1n) is 31.5. The van der Waals surface area contributed by atoms with Crippen molar-refractivity contribution in [1.82, 2.24) is 5.32 Å². The fourth-order valence-electron chi connectivity index (χ4n) is 9.99. The van der Waals surface area contributed by atoms with Crippen LogP contribution in [-0.2, 0) is 14.3 Å². The average molecular weight is 975 g/mol. The number of allylic oxidation sites excluding steroid dienone is 1. The lowest BCUT2D eigenvalue weighted by molar-refractivity contribution is -0.143. The van der Waals surface area contributed by atoms with Crippen molar-refractivity contribution >= 4 is 11.9 Å². The molecule has 0 aliphatic rings. The van der Waals surface area contributed by atoms with Crippen LogP contribution in [0.25, 0.3) is 0 Å². The summed E-state index contributed by atoms with van der Waals surface area (Å²) < 4.78 is 5.49. The lowest BCUT2D eigenvalue weighted by atomic mass is 10.0. The van der Waals surface area contributed by atoms with Gasteiger partial charge in [0.1, 0.15) is 0 Å². The van der Waals surface area contributed by atoms with Crippen LogP contribution in [0.5, 0.6) is 0 Å². The van der Waals surface area contributed by atoms with Gasteiger partial charge in [-0.3, -0.25) is 9.59 Å². The van der Waals surface area contributed by atoms with Crippen molar-refractivity contribution < 1.29 is 24.5 Å². The largest absolute Gasteiger partial charge is 0.466 e. The van der Waals surface area contributed by atoms with Crippen molar-refractivity contribution in [2.24, 2.45) is 0 Å². The molecule has 0 saturated heterocycles. The molecule has 2 atom stereocenters. The molecule has 0 aromatic carbocycles. The number of aliphatic hydroxyl groups is 2. The number of amides is 1. The number of nitrogens with one attached hydrogen (secondary N) is 1. The first-order valence-corrected chi connectivity index (χ1v) is 31.5. The Labute approximate surface area is 431 Å². The van der Waals surface area contributed by atoms with E-state index in [1.807, 2.05) is 6.08 Å². The number of hydrogen-bond acceptors (Lipinski definition) is 5. The summed E-state index contributed by atoms with van der Waals surface area (Å²) in [6.45, 7) is 4.92. The van der Waals surface area contributed by atoms with Crippen LogP contribution in [0.1, 0.15) is 354 Å². The fourth-order valence-corrected chi connectivity index (χ4v) is 9.99. The second-order valence-electron chi connectivity index (χ2n) is 21.8. The number of unbranched alkanes of at least 4 members (excludes halogenated alkanes) is 48. The van der Waals surface area contributed by atoms with Gasteiger partial charge in [-0.15, -0.1) is 0 Å². The van der Waals surface area contributed by atoms with Gasteiger partial charge in [0.15, 0.2) is 0 Å². The first kappa shape index (κ1) is 67.6. The lowest BCUT2D eigenvalue weighted by Crippen LogP contribution is -2.45. The quantitative estimate of drug-likeness (QED) is 0.0321. The van der Waals surface area contributed by atoms with E-state index in [-0.39, 0.29) is 18.5 Å². The normalized spacial score (nSPS) is 12.6. The molecule has 0 aliphatic heterocycles. The maximum Gasteiger partial charge on any atom is 0.305 e. The SMILES string of the molecule is CCCCCCCCCCCC/C=C/C(O)C(CO)NC(=O)CCCCCCCCCCCCCCCCCCCCCCCCCCCOC(=O)CCCCCCCCCCCCCCCCC. The van der Waals surface area contributed by atoms with E-state index in [1.165, 1.54) is 289 Å². The Bertz CT molecular complexity index is 1030. The molecule has 2 unspecified atom stereocenters. The molecule has 6 nitrogen and oxygen atoms in total. The molecule has 6 heteroatoms. The van der Waals surface area contributed by atoms with E-state index < -0.39 is 12.1 Å². The van der Waals surface area contributed by atoms with Crippen LogP contribution in [0.2, 0.25) is 0 Å². The molecule has 1 amide bonds. The van der Waals surface area contributed by atoms with Crippen LogP contribution in [0, 0.1) is 0 Å². The van der Waals surface area contributed by atoms with Crippen LogP contribution in [0.3, 0.4) is 0 Å². The minimum absolute atomic E-state index is 0.0194. The summed E-state index contributed by atoms with van der Waals surface area (Å²) in [5, 5.41) is 23.1. The van der Waals surface area contributed by atoms with Gasteiger partial charge in [-0.05, 0) is 32.1 Å². The number of aliphatic hydroxyl groups excluding tert-OH is 2. The Morgan fingerprint density at radius 3 is 0.986 bits per heavy atom. The van der Waals surface area contributed by atoms with Crippen LogP contribution in [0.4, 0.5) is 0 Å². The molecule has 0 aromatic rings. The summed E-state index contributed by atoms with van der Waals surface area (Å²) in [7, 11) is 0. The topological polar surface area (TPSA) is 95.9 Å². The van der Waals surface area contributed by atoms with Crippen molar-refractivity contribution in [2.45, 2.75) is 366 Å². The smallest absolute Gasteiger partial charge is 0.305 e. The Kier molecular flexibility index (Phi) is 58.0. The molecule has 0 aromatic heterocycles. The number of carbonyl (C=O) groups excluding carboxylic acids is 2. The van der Waals surface area contributed by atoms with Crippen LogP contribution in [0.15, 0.2) is 12.2 Å². The second kappa shape index (κ2) is 59.2. The summed E-state index contributed by atoms with van der Waals surface area (Å²) in [4.78, 5) is 24.5. The summed E-state index contributed by atoms with van der Waals surface area (Å²) in [5.41, 5.74) is 0. The maximum absolute atomic E-state index is 12.4. The van der Waals surface area contributed by atoms with Gasteiger partial charge in [-0.25, -0.2) is 0 Å². The molecule has 0 radical (unpaired) electrons. The predicted octanol–water partition coefficient (Wildman–Crippen LogP) is 19.6. The molecule has 0 rings (SSSR count). The Balaban J connectivity index is 3.34. The molecule has 3 N–H and O–H groups in total. The highest BCUT2D eigenvalue weighted by molar-refractivity contribution is 5.76. The Morgan fingerprint density at radius 1 is 0.391 bits per heavy atom. The Morgan fingerprint density at radius 2 is 0.667 bits per heavy atom. The second-order valence-corrected chi connectivity index (χ2v) is 21.8. The van der Waals surface area contributed by atoms with Gasteiger partial charge >= 0.3 is 5.97 Å². The predicted molar refractivity (Wildman–Crippen MR) is 301 cm³/mol. The third-order valence-electron chi connectivity index (χ3n) is 14.8. The van der Waals surface area contributed by atoms with Gasteiger partial charge in [0.25, 0.3) is 0 Å².